The summed E-state index contributed by atoms with van der Waals surface area (Å²) in [5.41, 5.74) is 3.07. The van der Waals surface area contributed by atoms with E-state index in [2.05, 4.69) is 10.4 Å². The number of amides is 1. The van der Waals surface area contributed by atoms with Gasteiger partial charge in [-0.3, -0.25) is 9.48 Å². The molecule has 0 fully saturated rings. The molecule has 78 valence electrons. The molecule has 0 aliphatic carbocycles. The average Bonchev–Trinajstić information content (AvgIpc) is 2.39. The summed E-state index contributed by atoms with van der Waals surface area (Å²) in [7, 11) is 1.88. The number of halogens is 1. The Hall–Kier alpha value is -1.03. The van der Waals surface area contributed by atoms with Crippen molar-refractivity contribution in [3.05, 3.63) is 17.0 Å². The van der Waals surface area contributed by atoms with Crippen molar-refractivity contribution in [1.82, 2.24) is 15.1 Å². The highest BCUT2D eigenvalue weighted by atomic mass is 35.5. The van der Waals surface area contributed by atoms with Crippen molar-refractivity contribution in [2.24, 2.45) is 7.05 Å². The Morgan fingerprint density at radius 2 is 2.21 bits per heavy atom. The van der Waals surface area contributed by atoms with Crippen molar-refractivity contribution in [2.75, 3.05) is 5.88 Å². The zero-order chi connectivity index (χ0) is 10.7. The maximum absolute atomic E-state index is 10.9. The number of aryl methyl sites for hydroxylation is 2. The van der Waals surface area contributed by atoms with Gasteiger partial charge in [0.1, 0.15) is 5.88 Å². The van der Waals surface area contributed by atoms with Crippen LogP contribution >= 0.6 is 11.6 Å². The molecule has 0 aliphatic rings. The minimum atomic E-state index is -0.158. The monoisotopic (exact) mass is 215 g/mol. The number of hydrogen-bond donors (Lipinski definition) is 1. The molecule has 0 spiro atoms. The van der Waals surface area contributed by atoms with Crippen LogP contribution in [0.25, 0.3) is 0 Å². The molecule has 0 bridgehead atoms. The van der Waals surface area contributed by atoms with Gasteiger partial charge in [0.25, 0.3) is 0 Å². The molecular weight excluding hydrogens is 202 g/mol. The Bertz CT molecular complexity index is 346. The van der Waals surface area contributed by atoms with Crippen LogP contribution < -0.4 is 5.32 Å². The van der Waals surface area contributed by atoms with Gasteiger partial charge < -0.3 is 5.32 Å². The van der Waals surface area contributed by atoms with Gasteiger partial charge in [0, 0.05) is 24.8 Å². The Morgan fingerprint density at radius 1 is 1.57 bits per heavy atom. The van der Waals surface area contributed by atoms with Crippen molar-refractivity contribution >= 4 is 17.5 Å². The summed E-state index contributed by atoms with van der Waals surface area (Å²) in [6, 6.07) is 0. The van der Waals surface area contributed by atoms with Crippen LogP contribution in [0.4, 0.5) is 0 Å². The SMILES string of the molecule is Cc1nn(C)c(C)c1CNC(=O)CCl. The number of rotatable bonds is 3. The van der Waals surface area contributed by atoms with Gasteiger partial charge in [-0.25, -0.2) is 0 Å². The van der Waals surface area contributed by atoms with E-state index in [-0.39, 0.29) is 11.8 Å². The smallest absolute Gasteiger partial charge is 0.235 e. The lowest BCUT2D eigenvalue weighted by atomic mass is 10.2. The summed E-state index contributed by atoms with van der Waals surface area (Å²) in [4.78, 5) is 10.9. The lowest BCUT2D eigenvalue weighted by molar-refractivity contribution is -0.118. The molecule has 0 radical (unpaired) electrons. The van der Waals surface area contributed by atoms with Crippen LogP contribution in [-0.4, -0.2) is 21.6 Å². The normalized spacial score (nSPS) is 10.3. The molecule has 0 aromatic carbocycles. The van der Waals surface area contributed by atoms with Gasteiger partial charge >= 0.3 is 0 Å². The zero-order valence-electron chi connectivity index (χ0n) is 8.59. The van der Waals surface area contributed by atoms with Gasteiger partial charge in [-0.2, -0.15) is 5.10 Å². The maximum atomic E-state index is 10.9. The van der Waals surface area contributed by atoms with Crippen molar-refractivity contribution in [3.63, 3.8) is 0 Å². The second-order valence-electron chi connectivity index (χ2n) is 3.18. The van der Waals surface area contributed by atoms with E-state index in [9.17, 15) is 4.79 Å². The van der Waals surface area contributed by atoms with Crippen LogP contribution in [0.3, 0.4) is 0 Å². The van der Waals surface area contributed by atoms with Crippen LogP contribution in [0.5, 0.6) is 0 Å². The van der Waals surface area contributed by atoms with Gasteiger partial charge in [-0.15, -0.1) is 11.6 Å². The zero-order valence-corrected chi connectivity index (χ0v) is 9.35. The number of carbonyl (C=O) groups is 1. The largest absolute Gasteiger partial charge is 0.351 e. The van der Waals surface area contributed by atoms with E-state index >= 15 is 0 Å². The van der Waals surface area contributed by atoms with E-state index in [1.807, 2.05) is 20.9 Å². The van der Waals surface area contributed by atoms with Crippen molar-refractivity contribution in [1.29, 1.82) is 0 Å². The second-order valence-corrected chi connectivity index (χ2v) is 3.45. The molecule has 1 aromatic heterocycles. The standard InChI is InChI=1S/C9H14ClN3O/c1-6-8(5-11-9(14)4-10)7(2)13(3)12-6/h4-5H2,1-3H3,(H,11,14). The molecule has 0 saturated carbocycles. The third-order valence-corrected chi connectivity index (χ3v) is 2.49. The highest BCUT2D eigenvalue weighted by molar-refractivity contribution is 6.27. The molecule has 0 saturated heterocycles. The lowest BCUT2D eigenvalue weighted by Crippen LogP contribution is -2.24. The third kappa shape index (κ3) is 2.26. The molecule has 14 heavy (non-hydrogen) atoms. The number of hydrogen-bond acceptors (Lipinski definition) is 2. The molecule has 1 amide bonds. The van der Waals surface area contributed by atoms with E-state index < -0.39 is 0 Å². The van der Waals surface area contributed by atoms with E-state index in [4.69, 9.17) is 11.6 Å². The Morgan fingerprint density at radius 3 is 2.64 bits per heavy atom. The summed E-state index contributed by atoms with van der Waals surface area (Å²) in [6.07, 6.45) is 0. The van der Waals surface area contributed by atoms with Crippen LogP contribution in [0.1, 0.15) is 17.0 Å². The molecule has 0 unspecified atom stereocenters. The highest BCUT2D eigenvalue weighted by Crippen LogP contribution is 2.10. The van der Waals surface area contributed by atoms with E-state index in [1.54, 1.807) is 4.68 Å². The molecule has 0 atom stereocenters. The number of alkyl halides is 1. The molecule has 0 aliphatic heterocycles. The van der Waals surface area contributed by atoms with Crippen molar-refractivity contribution in [3.8, 4) is 0 Å². The predicted molar refractivity (Wildman–Crippen MR) is 55.2 cm³/mol. The van der Waals surface area contributed by atoms with E-state index in [0.717, 1.165) is 17.0 Å². The minimum absolute atomic E-state index is 0.00163. The second kappa shape index (κ2) is 4.46. The average molecular weight is 216 g/mol. The molecule has 4 nitrogen and oxygen atoms in total. The molecule has 5 heteroatoms. The van der Waals surface area contributed by atoms with Crippen molar-refractivity contribution < 1.29 is 4.79 Å². The minimum Gasteiger partial charge on any atom is -0.351 e. The lowest BCUT2D eigenvalue weighted by Gasteiger charge is -2.03. The van der Waals surface area contributed by atoms with E-state index in [1.165, 1.54) is 0 Å². The van der Waals surface area contributed by atoms with Crippen molar-refractivity contribution in [2.45, 2.75) is 20.4 Å². The first-order valence-electron chi connectivity index (χ1n) is 4.38. The van der Waals surface area contributed by atoms with Crippen LogP contribution in [-0.2, 0) is 18.4 Å². The van der Waals surface area contributed by atoms with Crippen LogP contribution in [0.2, 0.25) is 0 Å². The number of nitrogens with one attached hydrogen (secondary N) is 1. The van der Waals surface area contributed by atoms with Crippen LogP contribution in [0.15, 0.2) is 0 Å². The van der Waals surface area contributed by atoms with Gasteiger partial charge in [0.15, 0.2) is 0 Å². The van der Waals surface area contributed by atoms with Gasteiger partial charge in [-0.05, 0) is 13.8 Å². The third-order valence-electron chi connectivity index (χ3n) is 2.24. The first kappa shape index (κ1) is 11.0. The quantitative estimate of drug-likeness (QED) is 0.762. The van der Waals surface area contributed by atoms with Gasteiger partial charge in [-0.1, -0.05) is 0 Å². The van der Waals surface area contributed by atoms with E-state index in [0.29, 0.717) is 6.54 Å². The first-order valence-corrected chi connectivity index (χ1v) is 4.91. The number of carbonyl (C=O) groups excluding carboxylic acids is 1. The Labute approximate surface area is 88.2 Å². The maximum Gasteiger partial charge on any atom is 0.235 e. The highest BCUT2D eigenvalue weighted by Gasteiger charge is 2.09. The fraction of sp³-hybridized carbons (Fsp3) is 0.556. The summed E-state index contributed by atoms with van der Waals surface area (Å²) >= 11 is 5.37. The summed E-state index contributed by atoms with van der Waals surface area (Å²) in [6.45, 7) is 4.40. The molecular formula is C9H14ClN3O. The molecule has 1 aromatic rings. The molecule has 1 rings (SSSR count). The first-order chi connectivity index (χ1) is 6.56. The fourth-order valence-electron chi connectivity index (χ4n) is 1.31. The number of nitrogens with zero attached hydrogens (tertiary/aromatic N) is 2. The van der Waals surface area contributed by atoms with Gasteiger partial charge in [0.2, 0.25) is 5.91 Å². The van der Waals surface area contributed by atoms with Gasteiger partial charge in [0.05, 0.1) is 5.69 Å². The Kier molecular flexibility index (Phi) is 3.52. The Balaban J connectivity index is 2.71. The molecule has 1 N–H and O–H groups in total. The predicted octanol–water partition coefficient (Wildman–Crippen LogP) is 0.892. The topological polar surface area (TPSA) is 46.9 Å². The van der Waals surface area contributed by atoms with Crippen LogP contribution in [0, 0.1) is 13.8 Å². The fourth-order valence-corrected chi connectivity index (χ4v) is 1.40. The summed E-state index contributed by atoms with van der Waals surface area (Å²) in [5.74, 6) is -0.160. The summed E-state index contributed by atoms with van der Waals surface area (Å²) < 4.78 is 1.80. The summed E-state index contributed by atoms with van der Waals surface area (Å²) in [5, 5.41) is 6.97. The molecule has 1 heterocycles. The number of aromatic nitrogens is 2.